The van der Waals surface area contributed by atoms with Gasteiger partial charge in [0.15, 0.2) is 0 Å². The Hall–Kier alpha value is -2.00. The van der Waals surface area contributed by atoms with E-state index in [1.165, 1.54) is 18.9 Å². The van der Waals surface area contributed by atoms with E-state index >= 15 is 0 Å². The van der Waals surface area contributed by atoms with Gasteiger partial charge in [-0.2, -0.15) is 5.26 Å². The van der Waals surface area contributed by atoms with Gasteiger partial charge in [-0.25, -0.2) is 0 Å². The van der Waals surface area contributed by atoms with Crippen molar-refractivity contribution in [2.24, 2.45) is 0 Å². The summed E-state index contributed by atoms with van der Waals surface area (Å²) in [6, 6.07) is 8.67. The average molecular weight is 292 g/mol. The van der Waals surface area contributed by atoms with Gasteiger partial charge in [0.2, 0.25) is 5.91 Å². The minimum atomic E-state index is -0.280. The molecule has 1 aromatic carbocycles. The first-order valence-electron chi connectivity index (χ1n) is 6.06. The van der Waals surface area contributed by atoms with Crippen LogP contribution in [0.25, 0.3) is 0 Å². The molecule has 0 heterocycles. The van der Waals surface area contributed by atoms with Crippen LogP contribution in [0, 0.1) is 11.3 Å². The SMILES string of the molecule is COC(=O)CCS[C@H](C)C(=O)Nc1ccc(C#N)cc1. The molecule has 0 aromatic heterocycles. The van der Waals surface area contributed by atoms with Crippen molar-refractivity contribution >= 4 is 29.3 Å². The normalized spacial score (nSPS) is 11.2. The summed E-state index contributed by atoms with van der Waals surface area (Å²) < 4.78 is 4.53. The van der Waals surface area contributed by atoms with Crippen molar-refractivity contribution in [1.29, 1.82) is 5.26 Å². The first-order chi connectivity index (χ1) is 9.56. The van der Waals surface area contributed by atoms with Crippen LogP contribution in [0.4, 0.5) is 5.69 Å². The van der Waals surface area contributed by atoms with Crippen molar-refractivity contribution in [3.05, 3.63) is 29.8 Å². The number of carbonyl (C=O) groups is 2. The molecule has 0 unspecified atom stereocenters. The highest BCUT2D eigenvalue weighted by Crippen LogP contribution is 2.15. The number of hydrogen-bond donors (Lipinski definition) is 1. The fourth-order valence-corrected chi connectivity index (χ4v) is 2.22. The van der Waals surface area contributed by atoms with E-state index in [2.05, 4.69) is 10.1 Å². The van der Waals surface area contributed by atoms with Crippen LogP contribution < -0.4 is 5.32 Å². The smallest absolute Gasteiger partial charge is 0.306 e. The number of thioether (sulfide) groups is 1. The van der Waals surface area contributed by atoms with Crippen molar-refractivity contribution in [2.45, 2.75) is 18.6 Å². The fourth-order valence-electron chi connectivity index (χ4n) is 1.37. The van der Waals surface area contributed by atoms with Crippen LogP contribution in [-0.4, -0.2) is 30.0 Å². The molecule has 1 rings (SSSR count). The maximum absolute atomic E-state index is 11.9. The molecule has 0 saturated carbocycles. The first kappa shape index (κ1) is 16.1. The standard InChI is InChI=1S/C14H16N2O3S/c1-10(20-8-7-13(17)19-2)14(18)16-12-5-3-11(9-15)4-6-12/h3-6,10H,7-8H2,1-2H3,(H,16,18)/t10-/m1/s1. The summed E-state index contributed by atoms with van der Waals surface area (Å²) in [5.74, 6) is 0.121. The lowest BCUT2D eigenvalue weighted by atomic mass is 10.2. The van der Waals surface area contributed by atoms with E-state index in [1.807, 2.05) is 6.07 Å². The van der Waals surface area contributed by atoms with Crippen LogP contribution in [0.3, 0.4) is 0 Å². The number of carbonyl (C=O) groups excluding carboxylic acids is 2. The highest BCUT2D eigenvalue weighted by atomic mass is 32.2. The van der Waals surface area contributed by atoms with Gasteiger partial charge in [-0.15, -0.1) is 11.8 Å². The number of hydrogen-bond acceptors (Lipinski definition) is 5. The third-order valence-corrected chi connectivity index (χ3v) is 3.71. The van der Waals surface area contributed by atoms with Gasteiger partial charge in [-0.1, -0.05) is 0 Å². The molecule has 0 aliphatic carbocycles. The van der Waals surface area contributed by atoms with E-state index < -0.39 is 0 Å². The Balaban J connectivity index is 2.41. The lowest BCUT2D eigenvalue weighted by Crippen LogP contribution is -2.23. The van der Waals surface area contributed by atoms with Crippen molar-refractivity contribution < 1.29 is 14.3 Å². The second kappa shape index (κ2) is 8.23. The molecule has 5 nitrogen and oxygen atoms in total. The molecule has 0 saturated heterocycles. The summed E-state index contributed by atoms with van der Waals surface area (Å²) >= 11 is 1.39. The van der Waals surface area contributed by atoms with Crippen LogP contribution in [-0.2, 0) is 14.3 Å². The summed E-state index contributed by atoms with van der Waals surface area (Å²) in [6.45, 7) is 1.78. The number of nitriles is 1. The number of anilines is 1. The third kappa shape index (κ3) is 5.33. The lowest BCUT2D eigenvalue weighted by molar-refractivity contribution is -0.140. The molecule has 0 aliphatic rings. The van der Waals surface area contributed by atoms with E-state index in [0.29, 0.717) is 17.0 Å². The van der Waals surface area contributed by atoms with E-state index in [-0.39, 0.29) is 23.5 Å². The Kier molecular flexibility index (Phi) is 6.60. The van der Waals surface area contributed by atoms with Gasteiger partial charge in [0.1, 0.15) is 0 Å². The van der Waals surface area contributed by atoms with Gasteiger partial charge >= 0.3 is 5.97 Å². The highest BCUT2D eigenvalue weighted by Gasteiger charge is 2.14. The van der Waals surface area contributed by atoms with E-state index in [1.54, 1.807) is 31.2 Å². The zero-order valence-corrected chi connectivity index (χ0v) is 12.2. The Morgan fingerprint density at radius 3 is 2.60 bits per heavy atom. The number of benzene rings is 1. The largest absolute Gasteiger partial charge is 0.469 e. The molecule has 1 aromatic rings. The molecule has 1 atom stereocenters. The summed E-state index contributed by atoms with van der Waals surface area (Å²) in [4.78, 5) is 22.9. The van der Waals surface area contributed by atoms with Gasteiger partial charge in [0, 0.05) is 11.4 Å². The second-order valence-electron chi connectivity index (χ2n) is 4.02. The minimum Gasteiger partial charge on any atom is -0.469 e. The molecule has 0 bridgehead atoms. The van der Waals surface area contributed by atoms with Crippen molar-refractivity contribution in [1.82, 2.24) is 0 Å². The maximum Gasteiger partial charge on any atom is 0.306 e. The highest BCUT2D eigenvalue weighted by molar-refractivity contribution is 8.00. The van der Waals surface area contributed by atoms with Crippen LogP contribution in [0.2, 0.25) is 0 Å². The number of nitrogens with one attached hydrogen (secondary N) is 1. The molecule has 0 fully saturated rings. The van der Waals surface area contributed by atoms with Crippen molar-refractivity contribution in [2.75, 3.05) is 18.2 Å². The molecule has 6 heteroatoms. The molecule has 106 valence electrons. The van der Waals surface area contributed by atoms with Gasteiger partial charge in [-0.3, -0.25) is 9.59 Å². The number of methoxy groups -OCH3 is 1. The quantitative estimate of drug-likeness (QED) is 0.813. The Morgan fingerprint density at radius 2 is 2.05 bits per heavy atom. The number of ether oxygens (including phenoxy) is 1. The number of rotatable bonds is 6. The van der Waals surface area contributed by atoms with Gasteiger partial charge in [-0.05, 0) is 31.2 Å². The monoisotopic (exact) mass is 292 g/mol. The van der Waals surface area contributed by atoms with Crippen molar-refractivity contribution in [3.63, 3.8) is 0 Å². The third-order valence-electron chi connectivity index (χ3n) is 2.55. The van der Waals surface area contributed by atoms with Crippen molar-refractivity contribution in [3.8, 4) is 6.07 Å². The molecule has 0 aliphatic heterocycles. The molecule has 20 heavy (non-hydrogen) atoms. The van der Waals surface area contributed by atoms with Gasteiger partial charge < -0.3 is 10.1 Å². The molecule has 0 spiro atoms. The fraction of sp³-hybridized carbons (Fsp3) is 0.357. The van der Waals surface area contributed by atoms with Crippen LogP contribution in [0.1, 0.15) is 18.9 Å². The summed E-state index contributed by atoms with van der Waals surface area (Å²) in [7, 11) is 1.34. The Bertz CT molecular complexity index is 508. The van der Waals surface area contributed by atoms with Crippen LogP contribution >= 0.6 is 11.8 Å². The van der Waals surface area contributed by atoms with E-state index in [0.717, 1.165) is 0 Å². The zero-order valence-electron chi connectivity index (χ0n) is 11.4. The average Bonchev–Trinajstić information content (AvgIpc) is 2.47. The maximum atomic E-state index is 11.9. The molecule has 0 radical (unpaired) electrons. The van der Waals surface area contributed by atoms with Crippen LogP contribution in [0.5, 0.6) is 0 Å². The summed E-state index contributed by atoms with van der Waals surface area (Å²) in [5.41, 5.74) is 1.19. The van der Waals surface area contributed by atoms with Crippen LogP contribution in [0.15, 0.2) is 24.3 Å². The Labute approximate surface area is 122 Å². The predicted octanol–water partition coefficient (Wildman–Crippen LogP) is 2.18. The first-order valence-corrected chi connectivity index (χ1v) is 7.11. The summed E-state index contributed by atoms with van der Waals surface area (Å²) in [6.07, 6.45) is 0.287. The Morgan fingerprint density at radius 1 is 1.40 bits per heavy atom. The number of amides is 1. The molecule has 1 amide bonds. The van der Waals surface area contributed by atoms with Gasteiger partial charge in [0.05, 0.1) is 30.4 Å². The van der Waals surface area contributed by atoms with Gasteiger partial charge in [0.25, 0.3) is 0 Å². The predicted molar refractivity (Wildman–Crippen MR) is 78.3 cm³/mol. The molecule has 1 N–H and O–H groups in total. The lowest BCUT2D eigenvalue weighted by Gasteiger charge is -2.11. The van der Waals surface area contributed by atoms with E-state index in [4.69, 9.17) is 5.26 Å². The second-order valence-corrected chi connectivity index (χ2v) is 5.47. The van der Waals surface area contributed by atoms with E-state index in [9.17, 15) is 9.59 Å². The molecular formula is C14H16N2O3S. The minimum absolute atomic E-state index is 0.135. The molecular weight excluding hydrogens is 276 g/mol. The zero-order chi connectivity index (χ0) is 15.0. The topological polar surface area (TPSA) is 79.2 Å². The number of nitrogens with zero attached hydrogens (tertiary/aromatic N) is 1. The number of esters is 1. The summed E-state index contributed by atoms with van der Waals surface area (Å²) in [5, 5.41) is 11.2.